The summed E-state index contributed by atoms with van der Waals surface area (Å²) < 4.78 is 0. The van der Waals surface area contributed by atoms with Crippen molar-refractivity contribution >= 4 is 10.8 Å². The molecule has 0 aliphatic heterocycles. The maximum absolute atomic E-state index is 4.34. The maximum atomic E-state index is 4.34. The predicted octanol–water partition coefficient (Wildman–Crippen LogP) is 2.33. The van der Waals surface area contributed by atoms with E-state index in [2.05, 4.69) is 38.5 Å². The van der Waals surface area contributed by atoms with Gasteiger partial charge in [0, 0.05) is 24.0 Å². The van der Waals surface area contributed by atoms with Gasteiger partial charge in [0.25, 0.3) is 0 Å². The molecule has 3 rings (SSSR count). The fourth-order valence-electron chi connectivity index (χ4n) is 2.32. The summed E-state index contributed by atoms with van der Waals surface area (Å²) in [5.41, 5.74) is 2.13. The number of aromatic nitrogens is 3. The third kappa shape index (κ3) is 2.18. The van der Waals surface area contributed by atoms with Gasteiger partial charge in [-0.15, -0.1) is 0 Å². The third-order valence-electron chi connectivity index (χ3n) is 3.22. The van der Waals surface area contributed by atoms with Gasteiger partial charge in [-0.25, -0.2) is 9.97 Å². The first-order chi connectivity index (χ1) is 9.40. The van der Waals surface area contributed by atoms with Gasteiger partial charge in [0.2, 0.25) is 0 Å². The van der Waals surface area contributed by atoms with E-state index in [9.17, 15) is 0 Å². The van der Waals surface area contributed by atoms with Gasteiger partial charge < -0.3 is 5.32 Å². The van der Waals surface area contributed by atoms with Gasteiger partial charge in [0.15, 0.2) is 0 Å². The number of hydrogen-bond acceptors (Lipinski definition) is 4. The molecule has 2 heterocycles. The molecule has 19 heavy (non-hydrogen) atoms. The van der Waals surface area contributed by atoms with Crippen LogP contribution in [0.3, 0.4) is 0 Å². The van der Waals surface area contributed by atoms with Crippen LogP contribution in [0.15, 0.2) is 55.2 Å². The van der Waals surface area contributed by atoms with Crippen LogP contribution in [0.1, 0.15) is 17.3 Å². The number of pyridine rings is 1. The van der Waals surface area contributed by atoms with Crippen molar-refractivity contribution in [1.29, 1.82) is 0 Å². The molecule has 0 saturated carbocycles. The van der Waals surface area contributed by atoms with Crippen molar-refractivity contribution in [3.8, 4) is 0 Å². The Morgan fingerprint density at radius 3 is 2.74 bits per heavy atom. The highest BCUT2D eigenvalue weighted by Gasteiger charge is 2.15. The van der Waals surface area contributed by atoms with Crippen LogP contribution in [0.5, 0.6) is 0 Å². The van der Waals surface area contributed by atoms with Gasteiger partial charge >= 0.3 is 0 Å². The molecule has 0 fully saturated rings. The highest BCUT2D eigenvalue weighted by Crippen LogP contribution is 2.26. The van der Waals surface area contributed by atoms with Gasteiger partial charge in [0.05, 0.1) is 11.7 Å². The summed E-state index contributed by atoms with van der Waals surface area (Å²) in [6.45, 7) is 0. The predicted molar refractivity (Wildman–Crippen MR) is 74.7 cm³/mol. The normalized spacial score (nSPS) is 12.5. The van der Waals surface area contributed by atoms with Gasteiger partial charge in [-0.05, 0) is 30.1 Å². The number of fused-ring (bicyclic) bond motifs is 1. The van der Waals surface area contributed by atoms with Crippen LogP contribution in [0, 0.1) is 0 Å². The van der Waals surface area contributed by atoms with E-state index in [4.69, 9.17) is 0 Å². The van der Waals surface area contributed by atoms with Crippen LogP contribution in [-0.4, -0.2) is 22.0 Å². The molecular weight excluding hydrogens is 236 g/mol. The summed E-state index contributed by atoms with van der Waals surface area (Å²) in [7, 11) is 1.93. The lowest BCUT2D eigenvalue weighted by Crippen LogP contribution is -2.19. The van der Waals surface area contributed by atoms with Crippen LogP contribution >= 0.6 is 0 Å². The molecule has 0 saturated heterocycles. The number of benzene rings is 1. The van der Waals surface area contributed by atoms with Crippen molar-refractivity contribution in [1.82, 2.24) is 20.3 Å². The van der Waals surface area contributed by atoms with E-state index >= 15 is 0 Å². The van der Waals surface area contributed by atoms with E-state index < -0.39 is 0 Å². The first-order valence-corrected chi connectivity index (χ1v) is 6.16. The lowest BCUT2D eigenvalue weighted by atomic mass is 9.98. The molecule has 0 spiro atoms. The summed E-state index contributed by atoms with van der Waals surface area (Å²) in [6.07, 6.45) is 7.04. The summed E-state index contributed by atoms with van der Waals surface area (Å²) in [5, 5.41) is 5.63. The first-order valence-electron chi connectivity index (χ1n) is 6.16. The zero-order valence-electron chi connectivity index (χ0n) is 10.6. The van der Waals surface area contributed by atoms with Crippen molar-refractivity contribution in [3.63, 3.8) is 0 Å². The Morgan fingerprint density at radius 2 is 1.95 bits per heavy atom. The first kappa shape index (κ1) is 11.7. The average molecular weight is 250 g/mol. The molecule has 1 atom stereocenters. The minimum absolute atomic E-state index is 0.0379. The largest absolute Gasteiger partial charge is 0.308 e. The molecule has 2 aromatic heterocycles. The SMILES string of the molecule is CNC(c1ccncn1)c1cccc2ccncc12. The second-order valence-corrected chi connectivity index (χ2v) is 4.30. The van der Waals surface area contributed by atoms with Crippen molar-refractivity contribution < 1.29 is 0 Å². The molecule has 3 aromatic rings. The van der Waals surface area contributed by atoms with Crippen LogP contribution < -0.4 is 5.32 Å². The Morgan fingerprint density at radius 1 is 1.05 bits per heavy atom. The molecule has 1 N–H and O–H groups in total. The van der Waals surface area contributed by atoms with Crippen LogP contribution in [0.4, 0.5) is 0 Å². The Hall–Kier alpha value is -2.33. The smallest absolute Gasteiger partial charge is 0.115 e. The lowest BCUT2D eigenvalue weighted by molar-refractivity contribution is 0.672. The fourth-order valence-corrected chi connectivity index (χ4v) is 2.32. The highest BCUT2D eigenvalue weighted by atomic mass is 14.9. The molecule has 1 unspecified atom stereocenters. The Balaban J connectivity index is 2.17. The van der Waals surface area contributed by atoms with Crippen LogP contribution in [0.25, 0.3) is 10.8 Å². The molecule has 0 aliphatic rings. The molecule has 4 nitrogen and oxygen atoms in total. The minimum atomic E-state index is 0.0379. The Bertz CT molecular complexity index is 677. The van der Waals surface area contributed by atoms with Gasteiger partial charge in [0.1, 0.15) is 6.33 Å². The van der Waals surface area contributed by atoms with Crippen LogP contribution in [-0.2, 0) is 0 Å². The quantitative estimate of drug-likeness (QED) is 0.775. The van der Waals surface area contributed by atoms with E-state index in [1.807, 2.05) is 31.6 Å². The van der Waals surface area contributed by atoms with Crippen molar-refractivity contribution in [2.24, 2.45) is 0 Å². The maximum Gasteiger partial charge on any atom is 0.115 e. The van der Waals surface area contributed by atoms with Gasteiger partial charge in [-0.3, -0.25) is 4.98 Å². The van der Waals surface area contributed by atoms with E-state index in [0.29, 0.717) is 0 Å². The van der Waals surface area contributed by atoms with Crippen molar-refractivity contribution in [3.05, 3.63) is 66.5 Å². The Kier molecular flexibility index (Phi) is 3.16. The zero-order chi connectivity index (χ0) is 13.1. The molecule has 0 amide bonds. The summed E-state index contributed by atoms with van der Waals surface area (Å²) in [5.74, 6) is 0. The highest BCUT2D eigenvalue weighted by molar-refractivity contribution is 5.85. The molecule has 94 valence electrons. The third-order valence-corrected chi connectivity index (χ3v) is 3.22. The molecule has 0 bridgehead atoms. The molecule has 1 aromatic carbocycles. The number of hydrogen-bond donors (Lipinski definition) is 1. The molecule has 0 aliphatic carbocycles. The zero-order valence-corrected chi connectivity index (χ0v) is 10.6. The van der Waals surface area contributed by atoms with Crippen LogP contribution in [0.2, 0.25) is 0 Å². The van der Waals surface area contributed by atoms with E-state index in [1.165, 1.54) is 10.9 Å². The standard InChI is InChI=1S/C15H14N4/c1-16-15(14-6-8-18-10-19-14)12-4-2-3-11-5-7-17-9-13(11)12/h2-10,15-16H,1H3. The minimum Gasteiger partial charge on any atom is -0.308 e. The topological polar surface area (TPSA) is 50.7 Å². The van der Waals surface area contributed by atoms with E-state index in [1.54, 1.807) is 12.5 Å². The summed E-state index contributed by atoms with van der Waals surface area (Å²) >= 11 is 0. The monoisotopic (exact) mass is 250 g/mol. The van der Waals surface area contributed by atoms with Crippen molar-refractivity contribution in [2.45, 2.75) is 6.04 Å². The average Bonchev–Trinajstić information content (AvgIpc) is 2.49. The van der Waals surface area contributed by atoms with E-state index in [0.717, 1.165) is 11.1 Å². The van der Waals surface area contributed by atoms with Crippen molar-refractivity contribution in [2.75, 3.05) is 7.05 Å². The lowest BCUT2D eigenvalue weighted by Gasteiger charge is -2.17. The number of nitrogens with one attached hydrogen (secondary N) is 1. The molecule has 4 heteroatoms. The molecular formula is C15H14N4. The number of rotatable bonds is 3. The fraction of sp³-hybridized carbons (Fsp3) is 0.133. The Labute approximate surface area is 111 Å². The van der Waals surface area contributed by atoms with Gasteiger partial charge in [-0.1, -0.05) is 18.2 Å². The second-order valence-electron chi connectivity index (χ2n) is 4.30. The summed E-state index contributed by atoms with van der Waals surface area (Å²) in [6, 6.07) is 10.2. The molecule has 0 radical (unpaired) electrons. The summed E-state index contributed by atoms with van der Waals surface area (Å²) in [4.78, 5) is 12.5. The van der Waals surface area contributed by atoms with Gasteiger partial charge in [-0.2, -0.15) is 0 Å². The van der Waals surface area contributed by atoms with E-state index in [-0.39, 0.29) is 6.04 Å². The second kappa shape index (κ2) is 5.12. The number of nitrogens with zero attached hydrogens (tertiary/aromatic N) is 3.